The molecule has 0 spiro atoms. The molecule has 114 valence electrons. The maximum atomic E-state index is 6.22. The Morgan fingerprint density at radius 2 is 2.10 bits per heavy atom. The largest absolute Gasteiger partial charge is 0.495 e. The van der Waals surface area contributed by atoms with Crippen LogP contribution in [0.1, 0.15) is 36.8 Å². The minimum absolute atomic E-state index is 0.0198. The first-order valence-corrected chi connectivity index (χ1v) is 8.12. The van der Waals surface area contributed by atoms with Gasteiger partial charge in [-0.1, -0.05) is 25.4 Å². The Balaban J connectivity index is 2.58. The van der Waals surface area contributed by atoms with Gasteiger partial charge in [0.05, 0.1) is 23.9 Å². The molecular weight excluding hydrogens is 354 g/mol. The van der Waals surface area contributed by atoms with E-state index in [4.69, 9.17) is 20.8 Å². The molecule has 0 aliphatic carbocycles. The molecule has 2 aromatic rings. The van der Waals surface area contributed by atoms with Crippen LogP contribution in [0.4, 0.5) is 0 Å². The average Bonchev–Trinajstić information content (AvgIpc) is 2.92. The zero-order valence-electron chi connectivity index (χ0n) is 12.4. The van der Waals surface area contributed by atoms with Crippen molar-refractivity contribution in [2.24, 2.45) is 0 Å². The minimum Gasteiger partial charge on any atom is -0.495 e. The molecule has 1 heterocycles. The van der Waals surface area contributed by atoms with Crippen molar-refractivity contribution in [3.05, 3.63) is 50.8 Å². The monoisotopic (exact) mass is 371 g/mol. The fourth-order valence-corrected chi connectivity index (χ4v) is 3.49. The van der Waals surface area contributed by atoms with E-state index in [2.05, 4.69) is 35.1 Å². The summed E-state index contributed by atoms with van der Waals surface area (Å²) in [7, 11) is 1.66. The summed E-state index contributed by atoms with van der Waals surface area (Å²) in [5, 5.41) is 4.15. The number of nitrogens with one attached hydrogen (secondary N) is 1. The topological polar surface area (TPSA) is 34.4 Å². The molecule has 0 aliphatic heterocycles. The molecule has 21 heavy (non-hydrogen) atoms. The normalized spacial score (nSPS) is 12.4. The van der Waals surface area contributed by atoms with Crippen molar-refractivity contribution >= 4 is 27.5 Å². The molecule has 2 rings (SSSR count). The maximum absolute atomic E-state index is 6.22. The smallest absolute Gasteiger partial charge is 0.138 e. The van der Waals surface area contributed by atoms with Crippen LogP contribution in [-0.2, 0) is 6.42 Å². The number of aryl methyl sites for hydroxylation is 1. The van der Waals surface area contributed by atoms with Crippen LogP contribution in [0, 0.1) is 0 Å². The van der Waals surface area contributed by atoms with Crippen LogP contribution in [0.25, 0.3) is 0 Å². The van der Waals surface area contributed by atoms with E-state index in [1.807, 2.05) is 18.2 Å². The lowest BCUT2D eigenvalue weighted by Crippen LogP contribution is -2.23. The molecule has 1 N–H and O–H groups in total. The number of halogens is 2. The van der Waals surface area contributed by atoms with Crippen molar-refractivity contribution in [2.75, 3.05) is 13.7 Å². The molecule has 0 saturated heterocycles. The number of methoxy groups -OCH3 is 1. The minimum atomic E-state index is -0.0198. The number of hydrogen-bond donors (Lipinski definition) is 1. The van der Waals surface area contributed by atoms with Gasteiger partial charge in [0.2, 0.25) is 0 Å². The van der Waals surface area contributed by atoms with E-state index in [0.29, 0.717) is 5.02 Å². The number of rotatable bonds is 6. The van der Waals surface area contributed by atoms with Crippen molar-refractivity contribution in [1.29, 1.82) is 0 Å². The van der Waals surface area contributed by atoms with Gasteiger partial charge in [-0.25, -0.2) is 0 Å². The highest BCUT2D eigenvalue weighted by Gasteiger charge is 2.23. The van der Waals surface area contributed by atoms with Gasteiger partial charge >= 0.3 is 0 Å². The molecule has 5 heteroatoms. The summed E-state index contributed by atoms with van der Waals surface area (Å²) in [4.78, 5) is 0. The van der Waals surface area contributed by atoms with Crippen molar-refractivity contribution < 1.29 is 9.15 Å². The van der Waals surface area contributed by atoms with Crippen LogP contribution in [0.15, 0.2) is 33.4 Å². The summed E-state index contributed by atoms with van der Waals surface area (Å²) in [6.45, 7) is 4.98. The number of ether oxygens (including phenoxy) is 1. The third-order valence-corrected chi connectivity index (χ3v) is 4.18. The van der Waals surface area contributed by atoms with Crippen molar-refractivity contribution in [2.45, 2.75) is 26.3 Å². The van der Waals surface area contributed by atoms with E-state index in [-0.39, 0.29) is 6.04 Å². The third kappa shape index (κ3) is 3.44. The lowest BCUT2D eigenvalue weighted by Gasteiger charge is -2.22. The van der Waals surface area contributed by atoms with E-state index in [1.165, 1.54) is 0 Å². The molecule has 3 nitrogen and oxygen atoms in total. The summed E-state index contributed by atoms with van der Waals surface area (Å²) in [6, 6.07) is 5.75. The highest BCUT2D eigenvalue weighted by molar-refractivity contribution is 9.10. The number of hydrogen-bond acceptors (Lipinski definition) is 3. The van der Waals surface area contributed by atoms with Gasteiger partial charge in [-0.2, -0.15) is 0 Å². The first-order chi connectivity index (χ1) is 10.1. The highest BCUT2D eigenvalue weighted by Crippen LogP contribution is 2.39. The second-order valence-electron chi connectivity index (χ2n) is 4.65. The number of benzene rings is 1. The summed E-state index contributed by atoms with van der Waals surface area (Å²) in [5.74, 6) is 1.76. The Labute approximate surface area is 138 Å². The van der Waals surface area contributed by atoms with Crippen LogP contribution < -0.4 is 10.1 Å². The van der Waals surface area contributed by atoms with Gasteiger partial charge in [-0.15, -0.1) is 0 Å². The van der Waals surface area contributed by atoms with Crippen LogP contribution >= 0.6 is 27.5 Å². The van der Waals surface area contributed by atoms with Gasteiger partial charge in [0.15, 0.2) is 0 Å². The van der Waals surface area contributed by atoms with Gasteiger partial charge in [0.25, 0.3) is 0 Å². The zero-order chi connectivity index (χ0) is 15.4. The van der Waals surface area contributed by atoms with Crippen LogP contribution in [0.2, 0.25) is 5.02 Å². The number of furan rings is 1. The Hall–Kier alpha value is -0.970. The molecule has 0 fully saturated rings. The van der Waals surface area contributed by atoms with E-state index in [0.717, 1.165) is 40.1 Å². The van der Waals surface area contributed by atoms with E-state index < -0.39 is 0 Å². The Kier molecular flexibility index (Phi) is 5.73. The standard InChI is InChI=1S/C16H19BrClNO2/c1-4-14-11(6-7-21-14)15(19-5-2)12-8-10(18)9-13(17)16(12)20-3/h6-9,15,19H,4-5H2,1-3H3. The molecule has 0 bridgehead atoms. The van der Waals surface area contributed by atoms with Crippen molar-refractivity contribution in [1.82, 2.24) is 5.32 Å². The predicted octanol–water partition coefficient (Wildman–Crippen LogP) is 4.97. The molecule has 0 saturated carbocycles. The predicted molar refractivity (Wildman–Crippen MR) is 89.3 cm³/mol. The van der Waals surface area contributed by atoms with Crippen LogP contribution in [0.3, 0.4) is 0 Å². The van der Waals surface area contributed by atoms with Gasteiger partial charge in [0.1, 0.15) is 11.5 Å². The molecule has 0 amide bonds. The van der Waals surface area contributed by atoms with Crippen molar-refractivity contribution in [3.8, 4) is 5.75 Å². The Morgan fingerprint density at radius 1 is 1.33 bits per heavy atom. The van der Waals surface area contributed by atoms with Gasteiger partial charge in [-0.05, 0) is 40.7 Å². The molecule has 0 radical (unpaired) electrons. The summed E-state index contributed by atoms with van der Waals surface area (Å²) >= 11 is 9.74. The Morgan fingerprint density at radius 3 is 2.71 bits per heavy atom. The summed E-state index contributed by atoms with van der Waals surface area (Å²) in [5.41, 5.74) is 2.11. The molecule has 1 aromatic heterocycles. The van der Waals surface area contributed by atoms with Crippen LogP contribution in [0.5, 0.6) is 5.75 Å². The summed E-state index contributed by atoms with van der Waals surface area (Å²) < 4.78 is 12.0. The molecule has 1 unspecified atom stereocenters. The van der Waals surface area contributed by atoms with E-state index in [1.54, 1.807) is 13.4 Å². The maximum Gasteiger partial charge on any atom is 0.138 e. The van der Waals surface area contributed by atoms with Gasteiger partial charge in [-0.3, -0.25) is 0 Å². The van der Waals surface area contributed by atoms with E-state index >= 15 is 0 Å². The SMILES string of the molecule is CCNC(c1ccoc1CC)c1cc(Cl)cc(Br)c1OC. The molecule has 1 atom stereocenters. The van der Waals surface area contributed by atoms with Gasteiger partial charge < -0.3 is 14.5 Å². The van der Waals surface area contributed by atoms with Crippen LogP contribution in [-0.4, -0.2) is 13.7 Å². The summed E-state index contributed by atoms with van der Waals surface area (Å²) in [6.07, 6.45) is 2.57. The second kappa shape index (κ2) is 7.34. The highest BCUT2D eigenvalue weighted by atomic mass is 79.9. The molecule has 1 aromatic carbocycles. The first-order valence-electron chi connectivity index (χ1n) is 6.94. The second-order valence-corrected chi connectivity index (χ2v) is 5.94. The third-order valence-electron chi connectivity index (χ3n) is 3.37. The average molecular weight is 373 g/mol. The zero-order valence-corrected chi connectivity index (χ0v) is 14.7. The molecular formula is C16H19BrClNO2. The fraction of sp³-hybridized carbons (Fsp3) is 0.375. The van der Waals surface area contributed by atoms with Gasteiger partial charge in [0, 0.05) is 22.6 Å². The first kappa shape index (κ1) is 16.4. The van der Waals surface area contributed by atoms with E-state index in [9.17, 15) is 0 Å². The Bertz CT molecular complexity index is 612. The molecule has 0 aliphatic rings. The quantitative estimate of drug-likeness (QED) is 0.778. The lowest BCUT2D eigenvalue weighted by molar-refractivity contribution is 0.401. The van der Waals surface area contributed by atoms with Crippen molar-refractivity contribution in [3.63, 3.8) is 0 Å². The fourth-order valence-electron chi connectivity index (χ4n) is 2.50. The lowest BCUT2D eigenvalue weighted by atomic mass is 9.97.